The van der Waals surface area contributed by atoms with Crippen LogP contribution in [-0.4, -0.2) is 46.3 Å². The lowest BCUT2D eigenvalue weighted by atomic mass is 9.56. The van der Waals surface area contributed by atoms with Gasteiger partial charge in [-0.05, 0) is 81.0 Å². The van der Waals surface area contributed by atoms with E-state index in [1.807, 2.05) is 12.1 Å². The molecular weight excluding hydrogens is 366 g/mol. The van der Waals surface area contributed by atoms with Crippen molar-refractivity contribution in [3.8, 4) is 0 Å². The van der Waals surface area contributed by atoms with Crippen LogP contribution in [0, 0.1) is 0 Å². The van der Waals surface area contributed by atoms with Crippen molar-refractivity contribution in [1.82, 2.24) is 5.32 Å². The number of halogens is 1. The molecule has 150 valence electrons. The number of amides is 1. The van der Waals surface area contributed by atoms with Crippen molar-refractivity contribution in [2.45, 2.75) is 68.3 Å². The number of nitrogens with two attached hydrogens (primary N) is 1. The largest absolute Gasteiger partial charge is 0.475 e. The summed E-state index contributed by atoms with van der Waals surface area (Å²) in [5.41, 5.74) is 6.87. The van der Waals surface area contributed by atoms with E-state index in [4.69, 9.17) is 5.73 Å². The van der Waals surface area contributed by atoms with Crippen molar-refractivity contribution >= 4 is 25.4 Å². The SMILES string of the molecule is Cl.NCCC[C@H](NC(=O)c1ccc(C23CCC(O)(CC2)CC3)cc1)B(O)O. The lowest BCUT2D eigenvalue weighted by molar-refractivity contribution is -0.0660. The molecule has 3 aliphatic carbocycles. The number of nitrogens with one attached hydrogen (secondary N) is 1. The molecule has 1 amide bonds. The summed E-state index contributed by atoms with van der Waals surface area (Å²) in [5, 5.41) is 31.9. The van der Waals surface area contributed by atoms with E-state index in [9.17, 15) is 19.9 Å². The topological polar surface area (TPSA) is 116 Å². The Morgan fingerprint density at radius 3 is 2.15 bits per heavy atom. The highest BCUT2D eigenvalue weighted by Crippen LogP contribution is 2.53. The van der Waals surface area contributed by atoms with Gasteiger partial charge in [-0.15, -0.1) is 12.4 Å². The predicted molar refractivity (Wildman–Crippen MR) is 108 cm³/mol. The van der Waals surface area contributed by atoms with Crippen LogP contribution in [0.3, 0.4) is 0 Å². The van der Waals surface area contributed by atoms with Gasteiger partial charge in [0.05, 0.1) is 11.5 Å². The summed E-state index contributed by atoms with van der Waals surface area (Å²) in [4.78, 5) is 12.4. The molecule has 0 radical (unpaired) electrons. The lowest BCUT2D eigenvalue weighted by Crippen LogP contribution is -2.48. The van der Waals surface area contributed by atoms with E-state index in [1.54, 1.807) is 12.1 Å². The molecule has 2 bridgehead atoms. The van der Waals surface area contributed by atoms with E-state index in [2.05, 4.69) is 5.32 Å². The molecule has 8 heteroatoms. The van der Waals surface area contributed by atoms with E-state index < -0.39 is 18.7 Å². The standard InChI is InChI=1S/C19H29BN2O4.ClH/c21-13-1-2-16(20(25)26)22-17(23)14-3-5-15(6-4-14)18-7-10-19(24,11-8-18)12-9-18;/h3-6,16,24-26H,1-2,7-13,21H2,(H,22,23);1H/t16-,18?,19?;/m0./s1. The second-order valence-electron chi connectivity index (χ2n) is 8.01. The average Bonchev–Trinajstić information content (AvgIpc) is 2.66. The van der Waals surface area contributed by atoms with Crippen LogP contribution in [-0.2, 0) is 5.41 Å². The van der Waals surface area contributed by atoms with Crippen LogP contribution in [0.15, 0.2) is 24.3 Å². The molecule has 1 atom stereocenters. The molecule has 3 aliphatic rings. The van der Waals surface area contributed by atoms with Gasteiger partial charge < -0.3 is 26.2 Å². The maximum absolute atomic E-state index is 12.4. The zero-order valence-corrected chi connectivity index (χ0v) is 16.4. The summed E-state index contributed by atoms with van der Waals surface area (Å²) >= 11 is 0. The predicted octanol–water partition coefficient (Wildman–Crippen LogP) is 1.29. The first kappa shape index (κ1) is 22.2. The number of hydrogen-bond donors (Lipinski definition) is 5. The molecule has 4 rings (SSSR count). The maximum atomic E-state index is 12.4. The quantitative estimate of drug-likeness (QED) is 0.445. The molecule has 6 N–H and O–H groups in total. The molecule has 6 nitrogen and oxygen atoms in total. The number of aliphatic hydroxyl groups is 1. The second kappa shape index (κ2) is 8.92. The number of hydrogen-bond acceptors (Lipinski definition) is 5. The fourth-order valence-corrected chi connectivity index (χ4v) is 4.46. The van der Waals surface area contributed by atoms with Crippen molar-refractivity contribution in [3.63, 3.8) is 0 Å². The average molecular weight is 397 g/mol. The minimum absolute atomic E-state index is 0. The normalized spacial score (nSPS) is 27.6. The van der Waals surface area contributed by atoms with Crippen molar-refractivity contribution in [1.29, 1.82) is 0 Å². The third-order valence-corrected chi connectivity index (χ3v) is 6.36. The first-order valence-corrected chi connectivity index (χ1v) is 9.58. The Morgan fingerprint density at radius 2 is 1.67 bits per heavy atom. The summed E-state index contributed by atoms with van der Waals surface area (Å²) in [6.45, 7) is 0.436. The van der Waals surface area contributed by atoms with E-state index in [0.717, 1.165) is 38.5 Å². The third kappa shape index (κ3) is 4.84. The van der Waals surface area contributed by atoms with Crippen LogP contribution in [0.4, 0.5) is 0 Å². The Kier molecular flexibility index (Phi) is 7.33. The molecular formula is C19H30BClN2O4. The first-order valence-electron chi connectivity index (χ1n) is 9.58. The van der Waals surface area contributed by atoms with Gasteiger partial charge in [0.25, 0.3) is 5.91 Å². The van der Waals surface area contributed by atoms with E-state index in [-0.39, 0.29) is 23.7 Å². The molecule has 3 fully saturated rings. The summed E-state index contributed by atoms with van der Waals surface area (Å²) in [6, 6.07) is 7.63. The highest BCUT2D eigenvalue weighted by molar-refractivity contribution is 6.43. The highest BCUT2D eigenvalue weighted by Gasteiger charge is 2.48. The molecule has 0 aromatic heterocycles. The van der Waals surface area contributed by atoms with Crippen LogP contribution in [0.25, 0.3) is 0 Å². The van der Waals surface area contributed by atoms with Gasteiger partial charge in [-0.2, -0.15) is 0 Å². The van der Waals surface area contributed by atoms with Gasteiger partial charge in [0.2, 0.25) is 0 Å². The van der Waals surface area contributed by atoms with Crippen molar-refractivity contribution in [3.05, 3.63) is 35.4 Å². The van der Waals surface area contributed by atoms with Crippen LogP contribution < -0.4 is 11.1 Å². The molecule has 1 aromatic carbocycles. The molecule has 0 unspecified atom stereocenters. The fourth-order valence-electron chi connectivity index (χ4n) is 4.46. The van der Waals surface area contributed by atoms with Crippen LogP contribution in [0.5, 0.6) is 0 Å². The summed E-state index contributed by atoms with van der Waals surface area (Å²) in [7, 11) is -1.60. The number of carbonyl (C=O) groups excluding carboxylic acids is 1. The summed E-state index contributed by atoms with van der Waals surface area (Å²) < 4.78 is 0. The minimum Gasteiger partial charge on any atom is -0.426 e. The monoisotopic (exact) mass is 396 g/mol. The van der Waals surface area contributed by atoms with Gasteiger partial charge in [0.15, 0.2) is 0 Å². The van der Waals surface area contributed by atoms with Crippen LogP contribution in [0.2, 0.25) is 0 Å². The Balaban J connectivity index is 0.00000261. The van der Waals surface area contributed by atoms with E-state index in [1.165, 1.54) is 5.56 Å². The summed E-state index contributed by atoms with van der Waals surface area (Å²) in [6.07, 6.45) is 6.57. The van der Waals surface area contributed by atoms with Crippen molar-refractivity contribution < 1.29 is 19.9 Å². The van der Waals surface area contributed by atoms with Gasteiger partial charge in [0, 0.05) is 5.56 Å². The molecule has 0 saturated heterocycles. The van der Waals surface area contributed by atoms with Crippen molar-refractivity contribution in [2.75, 3.05) is 6.54 Å². The molecule has 1 aromatic rings. The first-order chi connectivity index (χ1) is 12.4. The highest BCUT2D eigenvalue weighted by atomic mass is 35.5. The Bertz CT molecular complexity index is 617. The van der Waals surface area contributed by atoms with E-state index in [0.29, 0.717) is 24.9 Å². The lowest BCUT2D eigenvalue weighted by Gasteiger charge is -2.51. The van der Waals surface area contributed by atoms with Gasteiger partial charge in [0.1, 0.15) is 0 Å². The Labute approximate surface area is 167 Å². The Morgan fingerprint density at radius 1 is 1.11 bits per heavy atom. The molecule has 0 aliphatic heterocycles. The zero-order chi connectivity index (χ0) is 18.8. The maximum Gasteiger partial charge on any atom is 0.475 e. The van der Waals surface area contributed by atoms with Crippen molar-refractivity contribution in [2.24, 2.45) is 5.73 Å². The fraction of sp³-hybridized carbons (Fsp3) is 0.632. The van der Waals surface area contributed by atoms with Crippen LogP contribution >= 0.6 is 12.4 Å². The smallest absolute Gasteiger partial charge is 0.426 e. The molecule has 27 heavy (non-hydrogen) atoms. The second-order valence-corrected chi connectivity index (χ2v) is 8.01. The summed E-state index contributed by atoms with van der Waals surface area (Å²) in [5.74, 6) is -1.04. The number of carbonyl (C=O) groups is 1. The van der Waals surface area contributed by atoms with Gasteiger partial charge in [-0.25, -0.2) is 0 Å². The molecule has 0 spiro atoms. The Hall–Kier alpha value is -1.12. The zero-order valence-electron chi connectivity index (χ0n) is 15.6. The van der Waals surface area contributed by atoms with Gasteiger partial charge in [-0.1, -0.05) is 12.1 Å². The number of fused-ring (bicyclic) bond motifs is 3. The van der Waals surface area contributed by atoms with Gasteiger partial charge >= 0.3 is 7.12 Å². The van der Waals surface area contributed by atoms with Gasteiger partial charge in [-0.3, -0.25) is 4.79 Å². The van der Waals surface area contributed by atoms with Crippen LogP contribution in [0.1, 0.15) is 67.3 Å². The number of benzene rings is 1. The van der Waals surface area contributed by atoms with E-state index >= 15 is 0 Å². The number of rotatable bonds is 7. The third-order valence-electron chi connectivity index (χ3n) is 6.36. The molecule has 0 heterocycles. The minimum atomic E-state index is -1.60. The molecule has 3 saturated carbocycles.